The minimum Gasteiger partial charge on any atom is -0.364 e. The molecule has 3 nitrogen and oxygen atoms in total. The van der Waals surface area contributed by atoms with E-state index < -0.39 is 0 Å². The van der Waals surface area contributed by atoms with Crippen LogP contribution in [0.4, 0.5) is 0 Å². The van der Waals surface area contributed by atoms with Crippen LogP contribution in [0.15, 0.2) is 16.9 Å². The Hall–Kier alpha value is -0.830. The van der Waals surface area contributed by atoms with E-state index in [0.717, 1.165) is 24.7 Å². The van der Waals surface area contributed by atoms with Crippen LogP contribution in [0.25, 0.3) is 0 Å². The minimum absolute atomic E-state index is 0.840. The molecule has 0 radical (unpaired) electrons. The van der Waals surface area contributed by atoms with E-state index in [0.29, 0.717) is 0 Å². The van der Waals surface area contributed by atoms with Gasteiger partial charge in [0, 0.05) is 12.6 Å². The van der Waals surface area contributed by atoms with Crippen molar-refractivity contribution in [2.24, 2.45) is 5.92 Å². The summed E-state index contributed by atoms with van der Waals surface area (Å²) in [5.41, 5.74) is 0.995. The number of nitrogens with one attached hydrogen (secondary N) is 1. The molecule has 1 aromatic rings. The standard InChI is InChI=1S/C9H14N2O/c1-2-8(3-1)6-10-7-9-4-5-12-11-9/h4-5,8,10H,1-3,6-7H2. The zero-order valence-corrected chi connectivity index (χ0v) is 7.12. The third kappa shape index (κ3) is 1.85. The summed E-state index contributed by atoms with van der Waals surface area (Å²) in [7, 11) is 0. The Morgan fingerprint density at radius 1 is 1.58 bits per heavy atom. The molecule has 0 spiro atoms. The maximum Gasteiger partial charge on any atom is 0.124 e. The first kappa shape index (κ1) is 7.80. The van der Waals surface area contributed by atoms with Crippen LogP contribution in [0.1, 0.15) is 25.0 Å². The van der Waals surface area contributed by atoms with Crippen molar-refractivity contribution in [3.05, 3.63) is 18.0 Å². The highest BCUT2D eigenvalue weighted by molar-refractivity contribution is 4.94. The first-order chi connectivity index (χ1) is 5.95. The summed E-state index contributed by atoms with van der Waals surface area (Å²) in [5.74, 6) is 0.914. The van der Waals surface area contributed by atoms with E-state index in [1.807, 2.05) is 6.07 Å². The topological polar surface area (TPSA) is 38.1 Å². The largest absolute Gasteiger partial charge is 0.364 e. The maximum atomic E-state index is 4.72. The molecule has 12 heavy (non-hydrogen) atoms. The molecule has 2 rings (SSSR count). The van der Waals surface area contributed by atoms with Gasteiger partial charge < -0.3 is 9.84 Å². The molecular formula is C9H14N2O. The molecule has 0 atom stereocenters. The van der Waals surface area contributed by atoms with E-state index in [1.165, 1.54) is 19.3 Å². The van der Waals surface area contributed by atoms with Gasteiger partial charge in [-0.25, -0.2) is 0 Å². The predicted octanol–water partition coefficient (Wildman–Crippen LogP) is 1.56. The third-order valence-corrected chi connectivity index (χ3v) is 2.46. The Bertz CT molecular complexity index is 216. The highest BCUT2D eigenvalue weighted by Crippen LogP contribution is 2.25. The number of aromatic nitrogens is 1. The van der Waals surface area contributed by atoms with Crippen molar-refractivity contribution in [1.82, 2.24) is 10.5 Å². The van der Waals surface area contributed by atoms with Gasteiger partial charge in [0.25, 0.3) is 0 Å². The van der Waals surface area contributed by atoms with Crippen molar-refractivity contribution in [2.45, 2.75) is 25.8 Å². The second-order valence-corrected chi connectivity index (χ2v) is 3.42. The summed E-state index contributed by atoms with van der Waals surface area (Å²) in [5, 5.41) is 7.19. The quantitative estimate of drug-likeness (QED) is 0.737. The van der Waals surface area contributed by atoms with Gasteiger partial charge in [0.1, 0.15) is 6.26 Å². The van der Waals surface area contributed by atoms with Gasteiger partial charge in [-0.15, -0.1) is 0 Å². The Kier molecular flexibility index (Phi) is 2.42. The molecule has 3 heteroatoms. The first-order valence-corrected chi connectivity index (χ1v) is 4.55. The Balaban J connectivity index is 1.62. The van der Waals surface area contributed by atoms with Gasteiger partial charge in [-0.1, -0.05) is 11.6 Å². The second kappa shape index (κ2) is 3.72. The average molecular weight is 166 g/mol. The molecule has 1 aromatic heterocycles. The molecular weight excluding hydrogens is 152 g/mol. The Labute approximate surface area is 72.1 Å². The van der Waals surface area contributed by atoms with Gasteiger partial charge in [0.15, 0.2) is 0 Å². The Morgan fingerprint density at radius 3 is 3.08 bits per heavy atom. The highest BCUT2D eigenvalue weighted by Gasteiger charge is 2.16. The number of hydrogen-bond donors (Lipinski definition) is 1. The zero-order valence-electron chi connectivity index (χ0n) is 7.12. The summed E-state index contributed by atoms with van der Waals surface area (Å²) in [6.07, 6.45) is 5.81. The molecule has 0 aromatic carbocycles. The van der Waals surface area contributed by atoms with Crippen LogP contribution >= 0.6 is 0 Å². The number of nitrogens with zero attached hydrogens (tertiary/aromatic N) is 1. The van der Waals surface area contributed by atoms with Crippen molar-refractivity contribution < 1.29 is 4.52 Å². The van der Waals surface area contributed by atoms with E-state index in [4.69, 9.17) is 4.52 Å². The van der Waals surface area contributed by atoms with E-state index in [-0.39, 0.29) is 0 Å². The molecule has 1 heterocycles. The van der Waals surface area contributed by atoms with Crippen LogP contribution in [0.5, 0.6) is 0 Å². The van der Waals surface area contributed by atoms with Gasteiger partial charge in [0.05, 0.1) is 5.69 Å². The highest BCUT2D eigenvalue weighted by atomic mass is 16.5. The van der Waals surface area contributed by atoms with Crippen LogP contribution in [-0.2, 0) is 6.54 Å². The molecule has 0 saturated heterocycles. The van der Waals surface area contributed by atoms with E-state index in [9.17, 15) is 0 Å². The number of hydrogen-bond acceptors (Lipinski definition) is 3. The van der Waals surface area contributed by atoms with Gasteiger partial charge in [-0.05, 0) is 25.3 Å². The maximum absolute atomic E-state index is 4.72. The lowest BCUT2D eigenvalue weighted by atomic mass is 9.85. The fourth-order valence-corrected chi connectivity index (χ4v) is 1.43. The lowest BCUT2D eigenvalue weighted by Gasteiger charge is -2.25. The monoisotopic (exact) mass is 166 g/mol. The summed E-state index contributed by atoms with van der Waals surface area (Å²) < 4.78 is 4.72. The van der Waals surface area contributed by atoms with Gasteiger partial charge in [-0.2, -0.15) is 0 Å². The number of rotatable bonds is 4. The normalized spacial score (nSPS) is 17.7. The molecule has 1 N–H and O–H groups in total. The average Bonchev–Trinajstić information content (AvgIpc) is 2.46. The molecule has 0 bridgehead atoms. The fraction of sp³-hybridized carbons (Fsp3) is 0.667. The smallest absolute Gasteiger partial charge is 0.124 e. The summed E-state index contributed by atoms with van der Waals surface area (Å²) in [6, 6.07) is 1.90. The molecule has 1 aliphatic carbocycles. The lowest BCUT2D eigenvalue weighted by Crippen LogP contribution is -2.26. The summed E-state index contributed by atoms with van der Waals surface area (Å²) in [6.45, 7) is 1.97. The van der Waals surface area contributed by atoms with Crippen molar-refractivity contribution >= 4 is 0 Å². The van der Waals surface area contributed by atoms with Gasteiger partial charge in [-0.3, -0.25) is 0 Å². The molecule has 1 aliphatic rings. The van der Waals surface area contributed by atoms with Crippen molar-refractivity contribution in [3.63, 3.8) is 0 Å². The lowest BCUT2D eigenvalue weighted by molar-refractivity contribution is 0.299. The van der Waals surface area contributed by atoms with E-state index >= 15 is 0 Å². The van der Waals surface area contributed by atoms with Crippen LogP contribution in [0.3, 0.4) is 0 Å². The molecule has 0 unspecified atom stereocenters. The molecule has 1 saturated carbocycles. The van der Waals surface area contributed by atoms with Gasteiger partial charge >= 0.3 is 0 Å². The summed E-state index contributed by atoms with van der Waals surface area (Å²) >= 11 is 0. The van der Waals surface area contributed by atoms with Crippen LogP contribution in [-0.4, -0.2) is 11.7 Å². The third-order valence-electron chi connectivity index (χ3n) is 2.46. The molecule has 1 fully saturated rings. The van der Waals surface area contributed by atoms with Crippen LogP contribution in [0.2, 0.25) is 0 Å². The van der Waals surface area contributed by atoms with Crippen LogP contribution in [0, 0.1) is 5.92 Å². The zero-order chi connectivity index (χ0) is 8.23. The van der Waals surface area contributed by atoms with E-state index in [2.05, 4.69) is 10.5 Å². The molecule has 0 amide bonds. The molecule has 0 aliphatic heterocycles. The first-order valence-electron chi connectivity index (χ1n) is 4.55. The predicted molar refractivity (Wildman–Crippen MR) is 45.6 cm³/mol. The van der Waals surface area contributed by atoms with Crippen molar-refractivity contribution in [2.75, 3.05) is 6.54 Å². The van der Waals surface area contributed by atoms with Crippen LogP contribution < -0.4 is 5.32 Å². The van der Waals surface area contributed by atoms with Crippen molar-refractivity contribution in [3.8, 4) is 0 Å². The SMILES string of the molecule is c1cc(CNCC2CCC2)no1. The summed E-state index contributed by atoms with van der Waals surface area (Å²) in [4.78, 5) is 0. The molecule has 66 valence electrons. The Morgan fingerprint density at radius 2 is 2.50 bits per heavy atom. The van der Waals surface area contributed by atoms with E-state index in [1.54, 1.807) is 6.26 Å². The minimum atomic E-state index is 0.840. The second-order valence-electron chi connectivity index (χ2n) is 3.42. The fourth-order valence-electron chi connectivity index (χ4n) is 1.43. The van der Waals surface area contributed by atoms with Gasteiger partial charge in [0.2, 0.25) is 0 Å². The van der Waals surface area contributed by atoms with Crippen molar-refractivity contribution in [1.29, 1.82) is 0 Å².